The fraction of sp³-hybridized carbons (Fsp3) is 0.952. The van der Waals surface area contributed by atoms with Gasteiger partial charge in [-0.25, -0.2) is 0 Å². The van der Waals surface area contributed by atoms with Crippen LogP contribution in [0.1, 0.15) is 70.6 Å². The summed E-state index contributed by atoms with van der Waals surface area (Å²) in [6.07, 6.45) is -9.68. The van der Waals surface area contributed by atoms with Gasteiger partial charge in [0.1, 0.15) is 0 Å². The van der Waals surface area contributed by atoms with Crippen LogP contribution in [-0.4, -0.2) is 64.6 Å². The zero-order valence-corrected chi connectivity index (χ0v) is 20.8. The molecule has 0 aliphatic rings. The highest BCUT2D eigenvalue weighted by Gasteiger charge is 2.96. The van der Waals surface area contributed by atoms with Gasteiger partial charge in [0.15, 0.2) is 0 Å². The van der Waals surface area contributed by atoms with Crippen molar-refractivity contribution in [1.29, 1.82) is 0 Å². The molecule has 0 aromatic heterocycles. The van der Waals surface area contributed by atoms with Gasteiger partial charge >= 0.3 is 59.5 Å². The Balaban J connectivity index is 5.64. The number of rotatable bonds is 19. The van der Waals surface area contributed by atoms with Crippen LogP contribution in [0.4, 0.5) is 83.4 Å². The molecule has 0 heterocycles. The molecule has 0 aliphatic heterocycles. The van der Waals surface area contributed by atoms with Gasteiger partial charge in [0, 0.05) is 12.8 Å². The van der Waals surface area contributed by atoms with Crippen LogP contribution in [0.2, 0.25) is 0 Å². The molecule has 0 fully saturated rings. The van der Waals surface area contributed by atoms with Gasteiger partial charge < -0.3 is 5.11 Å². The summed E-state index contributed by atoms with van der Waals surface area (Å²) in [7, 11) is 0. The van der Waals surface area contributed by atoms with Crippen LogP contribution >= 0.6 is 0 Å². The zero-order valence-electron chi connectivity index (χ0n) is 20.8. The third kappa shape index (κ3) is 7.26. The van der Waals surface area contributed by atoms with Gasteiger partial charge in [0.25, 0.3) is 0 Å². The summed E-state index contributed by atoms with van der Waals surface area (Å²) in [6.45, 7) is 0. The molecule has 0 aliphatic carbocycles. The monoisotopic (exact) mass is 668 g/mol. The first-order chi connectivity index (χ1) is 18.4. The van der Waals surface area contributed by atoms with Crippen molar-refractivity contribution in [2.24, 2.45) is 0 Å². The van der Waals surface area contributed by atoms with E-state index in [1.807, 2.05) is 0 Å². The molecule has 252 valence electrons. The molecule has 0 saturated carbocycles. The van der Waals surface area contributed by atoms with Crippen LogP contribution < -0.4 is 0 Å². The molecule has 0 rings (SSSR count). The molecule has 0 unspecified atom stereocenters. The summed E-state index contributed by atoms with van der Waals surface area (Å²) >= 11 is 0. The Hall–Kier alpha value is -1.86. The highest BCUT2D eigenvalue weighted by atomic mass is 19.4. The fourth-order valence-corrected chi connectivity index (χ4v) is 3.41. The van der Waals surface area contributed by atoms with Gasteiger partial charge in [0.2, 0.25) is 0 Å². The van der Waals surface area contributed by atoms with Crippen LogP contribution in [0.3, 0.4) is 0 Å². The van der Waals surface area contributed by atoms with E-state index in [2.05, 4.69) is 0 Å². The van der Waals surface area contributed by atoms with Crippen molar-refractivity contribution in [2.75, 3.05) is 0 Å². The minimum Gasteiger partial charge on any atom is -0.481 e. The number of carbonyl (C=O) groups is 1. The lowest BCUT2D eigenvalue weighted by Gasteiger charge is -2.43. The highest BCUT2D eigenvalue weighted by molar-refractivity contribution is 5.66. The maximum absolute atomic E-state index is 13.8. The second-order valence-corrected chi connectivity index (χ2v) is 9.30. The van der Waals surface area contributed by atoms with Crippen LogP contribution in [-0.2, 0) is 4.79 Å². The van der Waals surface area contributed by atoms with Gasteiger partial charge in [-0.15, -0.1) is 0 Å². The zero-order chi connectivity index (χ0) is 33.9. The second kappa shape index (κ2) is 13.0. The quantitative estimate of drug-likeness (QED) is 0.110. The molecular formula is C21H23F19O2. The first-order valence-electron chi connectivity index (χ1n) is 11.7. The molecule has 0 saturated heterocycles. The van der Waals surface area contributed by atoms with Crippen molar-refractivity contribution in [3.05, 3.63) is 0 Å². The Morgan fingerprint density at radius 2 is 0.643 bits per heavy atom. The predicted octanol–water partition coefficient (Wildman–Crippen LogP) is 10.0. The van der Waals surface area contributed by atoms with E-state index < -0.39 is 78.8 Å². The van der Waals surface area contributed by atoms with E-state index in [4.69, 9.17) is 5.11 Å². The summed E-state index contributed by atoms with van der Waals surface area (Å²) in [5.41, 5.74) is 0. The summed E-state index contributed by atoms with van der Waals surface area (Å²) in [6, 6.07) is 0. The Labute approximate surface area is 224 Å². The molecular weight excluding hydrogens is 645 g/mol. The Morgan fingerprint density at radius 1 is 0.381 bits per heavy atom. The number of alkyl halides is 19. The fourth-order valence-electron chi connectivity index (χ4n) is 3.41. The summed E-state index contributed by atoms with van der Waals surface area (Å²) in [5.74, 6) is -67.2. The van der Waals surface area contributed by atoms with E-state index in [0.717, 1.165) is 0 Å². The first kappa shape index (κ1) is 40.1. The maximum atomic E-state index is 13.8. The van der Waals surface area contributed by atoms with Crippen LogP contribution in [0, 0.1) is 0 Å². The normalized spacial score (nSPS) is 15.3. The smallest absolute Gasteiger partial charge is 0.460 e. The molecule has 0 spiro atoms. The lowest BCUT2D eigenvalue weighted by Crippen LogP contribution is -2.75. The van der Waals surface area contributed by atoms with E-state index in [1.165, 1.54) is 0 Å². The number of aliphatic carboxylic acids is 1. The first-order valence-corrected chi connectivity index (χ1v) is 11.7. The van der Waals surface area contributed by atoms with Crippen LogP contribution in [0.15, 0.2) is 0 Å². The van der Waals surface area contributed by atoms with Crippen molar-refractivity contribution >= 4 is 5.97 Å². The lowest BCUT2D eigenvalue weighted by molar-refractivity contribution is -0.468. The van der Waals surface area contributed by atoms with Crippen molar-refractivity contribution < 1.29 is 93.3 Å². The van der Waals surface area contributed by atoms with E-state index in [9.17, 15) is 88.2 Å². The van der Waals surface area contributed by atoms with Gasteiger partial charge in [0.05, 0.1) is 0 Å². The maximum Gasteiger partial charge on any atom is 0.460 e. The van der Waals surface area contributed by atoms with E-state index in [-0.39, 0.29) is 19.3 Å². The minimum absolute atomic E-state index is 0.0594. The average Bonchev–Trinajstić information content (AvgIpc) is 2.80. The summed E-state index contributed by atoms with van der Waals surface area (Å²) in [5, 5.41) is 8.45. The van der Waals surface area contributed by atoms with E-state index in [0.29, 0.717) is 32.1 Å². The molecule has 2 nitrogen and oxygen atoms in total. The van der Waals surface area contributed by atoms with Crippen LogP contribution in [0.5, 0.6) is 0 Å². The van der Waals surface area contributed by atoms with Gasteiger partial charge in [-0.1, -0.05) is 44.9 Å². The van der Waals surface area contributed by atoms with Crippen molar-refractivity contribution in [3.8, 4) is 0 Å². The summed E-state index contributed by atoms with van der Waals surface area (Å²) in [4.78, 5) is 10.3. The molecule has 0 amide bonds. The number of hydrogen-bond acceptors (Lipinski definition) is 1. The van der Waals surface area contributed by atoms with Gasteiger partial charge in [-0.05, 0) is 12.8 Å². The second-order valence-electron chi connectivity index (χ2n) is 9.30. The molecule has 0 aromatic rings. The number of unbranched alkanes of at least 4 members (excludes halogenated alkanes) is 8. The number of hydrogen-bond donors (Lipinski definition) is 1. The molecule has 0 aromatic carbocycles. The number of carboxylic acids is 1. The minimum atomic E-state index is -8.89. The Kier molecular flexibility index (Phi) is 12.4. The number of carboxylic acid groups (broad SMARTS) is 1. The van der Waals surface area contributed by atoms with Gasteiger partial charge in [-0.3, -0.25) is 4.79 Å². The summed E-state index contributed by atoms with van der Waals surface area (Å²) < 4.78 is 252. The molecule has 1 N–H and O–H groups in total. The number of halogens is 19. The highest BCUT2D eigenvalue weighted by Crippen LogP contribution is 2.65. The third-order valence-corrected chi connectivity index (χ3v) is 6.06. The lowest BCUT2D eigenvalue weighted by atomic mass is 9.86. The molecule has 0 bridgehead atoms. The topological polar surface area (TPSA) is 37.3 Å². The SMILES string of the molecule is O=C(O)CCCCCCCCCCCC(F)(F)C(F)(F)C(F)(F)C(F)(F)C(F)(F)C(F)(F)C(F)(F)C(F)(F)C(F)(F)F. The van der Waals surface area contributed by atoms with E-state index in [1.54, 1.807) is 0 Å². The average molecular weight is 668 g/mol. The molecule has 21 heteroatoms. The molecule has 0 atom stereocenters. The van der Waals surface area contributed by atoms with Crippen molar-refractivity contribution in [2.45, 2.75) is 124 Å². The van der Waals surface area contributed by atoms with Crippen LogP contribution in [0.25, 0.3) is 0 Å². The largest absolute Gasteiger partial charge is 0.481 e. The van der Waals surface area contributed by atoms with E-state index >= 15 is 0 Å². The standard InChI is InChI=1S/C21H23F19O2/c22-13(23,11-9-7-5-3-1-2-4-6-8-10-12(41)42)14(24,25)15(26,27)16(28,29)17(30,31)18(32,33)19(34,35)20(36,37)21(38,39)40/h1-11H2,(H,41,42). The molecule has 0 radical (unpaired) electrons. The predicted molar refractivity (Wildman–Crippen MR) is 104 cm³/mol. The van der Waals surface area contributed by atoms with Crippen molar-refractivity contribution in [3.63, 3.8) is 0 Å². The molecule has 42 heavy (non-hydrogen) atoms. The Morgan fingerprint density at radius 3 is 0.952 bits per heavy atom. The van der Waals surface area contributed by atoms with Gasteiger partial charge in [-0.2, -0.15) is 83.4 Å². The Bertz CT molecular complexity index is 879. The van der Waals surface area contributed by atoms with Crippen molar-refractivity contribution in [1.82, 2.24) is 0 Å². The third-order valence-electron chi connectivity index (χ3n) is 6.06.